The number of carboxylic acid groups (broad SMARTS) is 1. The van der Waals surface area contributed by atoms with Crippen molar-refractivity contribution in [2.75, 3.05) is 0 Å². The van der Waals surface area contributed by atoms with Crippen molar-refractivity contribution in [2.24, 2.45) is 0 Å². The molecule has 0 aromatic heterocycles. The predicted octanol–water partition coefficient (Wildman–Crippen LogP) is 2.66. The number of hydrogen-bond donors (Lipinski definition) is 2. The standard InChI is InChI=1S/C14H18O3/c1-9(11(3)15)8-12-4-6-13(7-5-12)10(2)14(16)17/h4-8,10-11,15H,1-3H3,(H,16,17). The van der Waals surface area contributed by atoms with Gasteiger partial charge in [-0.25, -0.2) is 0 Å². The largest absolute Gasteiger partial charge is 0.481 e. The van der Waals surface area contributed by atoms with E-state index in [4.69, 9.17) is 5.11 Å². The first-order chi connectivity index (χ1) is 7.91. The zero-order chi connectivity index (χ0) is 13.0. The molecule has 3 nitrogen and oxygen atoms in total. The van der Waals surface area contributed by atoms with Crippen LogP contribution >= 0.6 is 0 Å². The first-order valence-electron chi connectivity index (χ1n) is 5.61. The van der Waals surface area contributed by atoms with Crippen LogP contribution in [-0.2, 0) is 4.79 Å². The minimum atomic E-state index is -0.826. The maximum atomic E-state index is 10.8. The van der Waals surface area contributed by atoms with Crippen LogP contribution in [0.2, 0.25) is 0 Å². The van der Waals surface area contributed by atoms with Gasteiger partial charge in [-0.1, -0.05) is 30.3 Å². The number of aliphatic carboxylic acids is 1. The lowest BCUT2D eigenvalue weighted by Crippen LogP contribution is -2.07. The molecule has 17 heavy (non-hydrogen) atoms. The first kappa shape index (κ1) is 13.5. The van der Waals surface area contributed by atoms with Gasteiger partial charge in [-0.15, -0.1) is 0 Å². The van der Waals surface area contributed by atoms with Gasteiger partial charge < -0.3 is 10.2 Å². The molecule has 0 heterocycles. The Labute approximate surface area is 101 Å². The molecule has 0 spiro atoms. The molecule has 0 saturated heterocycles. The van der Waals surface area contributed by atoms with Gasteiger partial charge in [-0.05, 0) is 37.5 Å². The maximum absolute atomic E-state index is 10.8. The maximum Gasteiger partial charge on any atom is 0.310 e. The average Bonchev–Trinajstić information content (AvgIpc) is 2.28. The fraction of sp³-hybridized carbons (Fsp3) is 0.357. The lowest BCUT2D eigenvalue weighted by atomic mass is 9.99. The highest BCUT2D eigenvalue weighted by atomic mass is 16.4. The van der Waals surface area contributed by atoms with Gasteiger partial charge in [-0.3, -0.25) is 4.79 Å². The third-order valence-corrected chi connectivity index (χ3v) is 2.86. The van der Waals surface area contributed by atoms with E-state index in [2.05, 4.69) is 0 Å². The molecule has 0 aliphatic rings. The van der Waals surface area contributed by atoms with Crippen LogP contribution in [0, 0.1) is 0 Å². The Morgan fingerprint density at radius 1 is 1.24 bits per heavy atom. The van der Waals surface area contributed by atoms with E-state index in [1.54, 1.807) is 26.0 Å². The van der Waals surface area contributed by atoms with Gasteiger partial charge in [0.25, 0.3) is 0 Å². The summed E-state index contributed by atoms with van der Waals surface area (Å²) >= 11 is 0. The van der Waals surface area contributed by atoms with Crippen LogP contribution in [0.15, 0.2) is 29.8 Å². The lowest BCUT2D eigenvalue weighted by molar-refractivity contribution is -0.138. The van der Waals surface area contributed by atoms with Crippen molar-refractivity contribution in [3.63, 3.8) is 0 Å². The first-order valence-corrected chi connectivity index (χ1v) is 5.61. The quantitative estimate of drug-likeness (QED) is 0.842. The Hall–Kier alpha value is -1.61. The summed E-state index contributed by atoms with van der Waals surface area (Å²) in [5, 5.41) is 18.2. The monoisotopic (exact) mass is 234 g/mol. The molecule has 2 atom stereocenters. The van der Waals surface area contributed by atoms with E-state index < -0.39 is 18.0 Å². The third-order valence-electron chi connectivity index (χ3n) is 2.86. The minimum Gasteiger partial charge on any atom is -0.481 e. The molecule has 0 radical (unpaired) electrons. The molecule has 1 aromatic carbocycles. The normalized spacial score (nSPS) is 15.4. The van der Waals surface area contributed by atoms with E-state index in [-0.39, 0.29) is 0 Å². The number of hydrogen-bond acceptors (Lipinski definition) is 2. The van der Waals surface area contributed by atoms with E-state index in [1.165, 1.54) is 0 Å². The van der Waals surface area contributed by atoms with Crippen molar-refractivity contribution >= 4 is 12.0 Å². The van der Waals surface area contributed by atoms with E-state index in [1.807, 2.05) is 25.1 Å². The summed E-state index contributed by atoms with van der Waals surface area (Å²) in [6.07, 6.45) is 1.42. The minimum absolute atomic E-state index is 0.465. The molecule has 0 fully saturated rings. The number of aliphatic hydroxyl groups is 1. The van der Waals surface area contributed by atoms with Crippen LogP contribution in [0.4, 0.5) is 0 Å². The highest BCUT2D eigenvalue weighted by molar-refractivity contribution is 5.75. The summed E-state index contributed by atoms with van der Waals surface area (Å²) in [6, 6.07) is 7.33. The molecular weight excluding hydrogens is 216 g/mol. The van der Waals surface area contributed by atoms with Crippen molar-refractivity contribution in [2.45, 2.75) is 32.8 Å². The molecule has 0 amide bonds. The zero-order valence-corrected chi connectivity index (χ0v) is 10.3. The second-order valence-corrected chi connectivity index (χ2v) is 4.29. The van der Waals surface area contributed by atoms with Crippen LogP contribution in [-0.4, -0.2) is 22.3 Å². The van der Waals surface area contributed by atoms with E-state index in [9.17, 15) is 9.90 Å². The van der Waals surface area contributed by atoms with Crippen molar-refractivity contribution in [1.29, 1.82) is 0 Å². The Balaban J connectivity index is 2.89. The number of aliphatic hydroxyl groups excluding tert-OH is 1. The second kappa shape index (κ2) is 5.64. The van der Waals surface area contributed by atoms with Crippen LogP contribution < -0.4 is 0 Å². The fourth-order valence-electron chi connectivity index (χ4n) is 1.41. The highest BCUT2D eigenvalue weighted by Crippen LogP contribution is 2.17. The average molecular weight is 234 g/mol. The molecule has 2 unspecified atom stereocenters. The van der Waals surface area contributed by atoms with Crippen LogP contribution in [0.1, 0.15) is 37.8 Å². The SMILES string of the molecule is CC(=Cc1ccc(C(C)C(=O)O)cc1)C(C)O. The molecule has 0 bridgehead atoms. The van der Waals surface area contributed by atoms with E-state index in [0.717, 1.165) is 16.7 Å². The van der Waals surface area contributed by atoms with Crippen molar-refractivity contribution in [3.05, 3.63) is 41.0 Å². The number of carboxylic acids is 1. The van der Waals surface area contributed by atoms with Gasteiger partial charge >= 0.3 is 5.97 Å². The smallest absolute Gasteiger partial charge is 0.310 e. The third kappa shape index (κ3) is 3.71. The topological polar surface area (TPSA) is 57.5 Å². The summed E-state index contributed by atoms with van der Waals surface area (Å²) in [6.45, 7) is 5.24. The van der Waals surface area contributed by atoms with Gasteiger partial charge in [0.2, 0.25) is 0 Å². The summed E-state index contributed by atoms with van der Waals surface area (Å²) in [7, 11) is 0. The number of rotatable bonds is 4. The summed E-state index contributed by atoms with van der Waals surface area (Å²) < 4.78 is 0. The molecule has 0 saturated carbocycles. The van der Waals surface area contributed by atoms with Crippen LogP contribution in [0.3, 0.4) is 0 Å². The lowest BCUT2D eigenvalue weighted by Gasteiger charge is -2.07. The summed E-state index contributed by atoms with van der Waals surface area (Å²) in [5.74, 6) is -1.32. The van der Waals surface area contributed by atoms with E-state index in [0.29, 0.717) is 0 Å². The van der Waals surface area contributed by atoms with Crippen molar-refractivity contribution < 1.29 is 15.0 Å². The fourth-order valence-corrected chi connectivity index (χ4v) is 1.41. The molecule has 92 valence electrons. The Bertz CT molecular complexity index is 416. The number of benzene rings is 1. The van der Waals surface area contributed by atoms with Gasteiger partial charge in [0.05, 0.1) is 12.0 Å². The predicted molar refractivity (Wildman–Crippen MR) is 67.8 cm³/mol. The van der Waals surface area contributed by atoms with E-state index >= 15 is 0 Å². The van der Waals surface area contributed by atoms with Crippen LogP contribution in [0.25, 0.3) is 6.08 Å². The van der Waals surface area contributed by atoms with Crippen LogP contribution in [0.5, 0.6) is 0 Å². The van der Waals surface area contributed by atoms with Gasteiger partial charge in [0, 0.05) is 0 Å². The molecule has 3 heteroatoms. The van der Waals surface area contributed by atoms with Crippen molar-refractivity contribution in [3.8, 4) is 0 Å². The number of carbonyl (C=O) groups is 1. The van der Waals surface area contributed by atoms with Gasteiger partial charge in [-0.2, -0.15) is 0 Å². The second-order valence-electron chi connectivity index (χ2n) is 4.29. The molecule has 0 aliphatic heterocycles. The highest BCUT2D eigenvalue weighted by Gasteiger charge is 2.12. The Kier molecular flexibility index (Phi) is 4.46. The molecule has 1 rings (SSSR count). The van der Waals surface area contributed by atoms with Crippen molar-refractivity contribution in [1.82, 2.24) is 0 Å². The Morgan fingerprint density at radius 3 is 2.18 bits per heavy atom. The molecule has 2 N–H and O–H groups in total. The summed E-state index contributed by atoms with van der Waals surface area (Å²) in [4.78, 5) is 10.8. The van der Waals surface area contributed by atoms with Gasteiger partial charge in [0.15, 0.2) is 0 Å². The molecular formula is C14H18O3. The zero-order valence-electron chi connectivity index (χ0n) is 10.3. The summed E-state index contributed by atoms with van der Waals surface area (Å²) in [5.41, 5.74) is 2.62. The molecule has 1 aromatic rings. The van der Waals surface area contributed by atoms with Gasteiger partial charge in [0.1, 0.15) is 0 Å². The molecule has 0 aliphatic carbocycles. The Morgan fingerprint density at radius 2 is 1.76 bits per heavy atom.